The zero-order chi connectivity index (χ0) is 13.8. The van der Waals surface area contributed by atoms with E-state index in [1.165, 1.54) is 0 Å². The van der Waals surface area contributed by atoms with Crippen LogP contribution in [0.25, 0.3) is 0 Å². The van der Waals surface area contributed by atoms with E-state index < -0.39 is 0 Å². The number of rotatable bonds is 6. The molecule has 2 rings (SSSR count). The molecule has 1 aliphatic carbocycles. The van der Waals surface area contributed by atoms with Crippen molar-refractivity contribution in [3.8, 4) is 0 Å². The van der Waals surface area contributed by atoms with Crippen LogP contribution in [-0.2, 0) is 4.79 Å². The van der Waals surface area contributed by atoms with Crippen molar-refractivity contribution in [2.75, 3.05) is 11.9 Å². The molecule has 0 aliphatic heterocycles. The molecular formula is C13H16BrN3OS. The van der Waals surface area contributed by atoms with Gasteiger partial charge in [0.15, 0.2) is 0 Å². The molecule has 0 bridgehead atoms. The van der Waals surface area contributed by atoms with Crippen LogP contribution in [0.4, 0.5) is 5.69 Å². The molecule has 0 radical (unpaired) electrons. The summed E-state index contributed by atoms with van der Waals surface area (Å²) in [5, 5.41) is 6.15. The summed E-state index contributed by atoms with van der Waals surface area (Å²) >= 11 is 8.46. The Balaban J connectivity index is 1.89. The molecule has 19 heavy (non-hydrogen) atoms. The number of amides is 1. The lowest BCUT2D eigenvalue weighted by Crippen LogP contribution is -2.27. The minimum Gasteiger partial charge on any atom is -0.389 e. The summed E-state index contributed by atoms with van der Waals surface area (Å²) in [5.74, 6) is 0.0851. The Morgan fingerprint density at radius 3 is 2.84 bits per heavy atom. The SMILES string of the molecule is NC(=S)c1c(Br)cccc1NCCC(=O)NC1CC1. The maximum absolute atomic E-state index is 11.6. The highest BCUT2D eigenvalue weighted by molar-refractivity contribution is 9.10. The van der Waals surface area contributed by atoms with Gasteiger partial charge in [0, 0.05) is 34.7 Å². The van der Waals surface area contributed by atoms with Crippen LogP contribution in [0.1, 0.15) is 24.8 Å². The molecule has 1 fully saturated rings. The Bertz CT molecular complexity index is 503. The van der Waals surface area contributed by atoms with Gasteiger partial charge in [0.2, 0.25) is 5.91 Å². The van der Waals surface area contributed by atoms with Crippen molar-refractivity contribution >= 4 is 44.7 Å². The van der Waals surface area contributed by atoms with Gasteiger partial charge in [0.25, 0.3) is 0 Å². The Labute approximate surface area is 126 Å². The lowest BCUT2D eigenvalue weighted by Gasteiger charge is -2.12. The van der Waals surface area contributed by atoms with Crippen molar-refractivity contribution in [3.63, 3.8) is 0 Å². The Morgan fingerprint density at radius 1 is 1.47 bits per heavy atom. The summed E-state index contributed by atoms with van der Waals surface area (Å²) < 4.78 is 0.854. The van der Waals surface area contributed by atoms with E-state index in [4.69, 9.17) is 18.0 Å². The van der Waals surface area contributed by atoms with Gasteiger partial charge in [-0.2, -0.15) is 0 Å². The Kier molecular flexibility index (Phi) is 4.76. The maximum atomic E-state index is 11.6. The first-order chi connectivity index (χ1) is 9.08. The van der Waals surface area contributed by atoms with Gasteiger partial charge in [-0.1, -0.05) is 18.3 Å². The van der Waals surface area contributed by atoms with Gasteiger partial charge in [0.1, 0.15) is 4.99 Å². The second-order valence-corrected chi connectivity index (χ2v) is 5.84. The third kappa shape index (κ3) is 4.18. The summed E-state index contributed by atoms with van der Waals surface area (Å²) in [5.41, 5.74) is 7.33. The highest BCUT2D eigenvalue weighted by Gasteiger charge is 2.22. The zero-order valence-corrected chi connectivity index (χ0v) is 12.8. The van der Waals surface area contributed by atoms with E-state index in [0.717, 1.165) is 28.6 Å². The van der Waals surface area contributed by atoms with Crippen LogP contribution in [0, 0.1) is 0 Å². The molecule has 102 valence electrons. The third-order valence-corrected chi connectivity index (χ3v) is 3.73. The van der Waals surface area contributed by atoms with Gasteiger partial charge in [-0.15, -0.1) is 0 Å². The molecule has 0 unspecified atom stereocenters. The molecule has 0 atom stereocenters. The van der Waals surface area contributed by atoms with Gasteiger partial charge >= 0.3 is 0 Å². The smallest absolute Gasteiger partial charge is 0.221 e. The second kappa shape index (κ2) is 6.34. The van der Waals surface area contributed by atoms with Crippen LogP contribution in [0.15, 0.2) is 22.7 Å². The average Bonchev–Trinajstić information content (AvgIpc) is 3.12. The molecule has 4 nitrogen and oxygen atoms in total. The number of halogens is 1. The quantitative estimate of drug-likeness (QED) is 0.693. The van der Waals surface area contributed by atoms with Crippen molar-refractivity contribution in [1.29, 1.82) is 0 Å². The maximum Gasteiger partial charge on any atom is 0.221 e. The van der Waals surface area contributed by atoms with Crippen LogP contribution in [0.3, 0.4) is 0 Å². The number of thiocarbonyl (C=S) groups is 1. The van der Waals surface area contributed by atoms with Crippen LogP contribution in [-0.4, -0.2) is 23.5 Å². The van der Waals surface area contributed by atoms with Crippen LogP contribution in [0.5, 0.6) is 0 Å². The van der Waals surface area contributed by atoms with Crippen molar-refractivity contribution in [1.82, 2.24) is 5.32 Å². The van der Waals surface area contributed by atoms with Gasteiger partial charge in [-0.3, -0.25) is 4.79 Å². The third-order valence-electron chi connectivity index (χ3n) is 2.87. The van der Waals surface area contributed by atoms with E-state index in [-0.39, 0.29) is 5.91 Å². The summed E-state index contributed by atoms with van der Waals surface area (Å²) in [6.07, 6.45) is 2.66. The number of carbonyl (C=O) groups excluding carboxylic acids is 1. The topological polar surface area (TPSA) is 67.1 Å². The lowest BCUT2D eigenvalue weighted by atomic mass is 10.1. The molecule has 1 aliphatic rings. The first-order valence-electron chi connectivity index (χ1n) is 6.19. The fourth-order valence-electron chi connectivity index (χ4n) is 1.76. The molecule has 1 aromatic carbocycles. The largest absolute Gasteiger partial charge is 0.389 e. The number of nitrogens with one attached hydrogen (secondary N) is 2. The fraction of sp³-hybridized carbons (Fsp3) is 0.385. The molecular weight excluding hydrogens is 326 g/mol. The van der Waals surface area contributed by atoms with Crippen molar-refractivity contribution < 1.29 is 4.79 Å². The van der Waals surface area contributed by atoms with E-state index in [2.05, 4.69) is 26.6 Å². The highest BCUT2D eigenvalue weighted by Crippen LogP contribution is 2.24. The molecule has 1 saturated carbocycles. The summed E-state index contributed by atoms with van der Waals surface area (Å²) in [7, 11) is 0. The predicted octanol–water partition coefficient (Wildman–Crippen LogP) is 2.16. The van der Waals surface area contributed by atoms with Crippen molar-refractivity contribution in [2.24, 2.45) is 5.73 Å². The van der Waals surface area contributed by atoms with Crippen molar-refractivity contribution in [2.45, 2.75) is 25.3 Å². The predicted molar refractivity (Wildman–Crippen MR) is 84.3 cm³/mol. The van der Waals surface area contributed by atoms with Crippen LogP contribution >= 0.6 is 28.1 Å². The van der Waals surface area contributed by atoms with Gasteiger partial charge in [-0.25, -0.2) is 0 Å². The number of anilines is 1. The molecule has 0 aromatic heterocycles. The number of carbonyl (C=O) groups is 1. The van der Waals surface area contributed by atoms with Crippen LogP contribution < -0.4 is 16.4 Å². The van der Waals surface area contributed by atoms with E-state index in [1.807, 2.05) is 18.2 Å². The van der Waals surface area contributed by atoms with Crippen molar-refractivity contribution in [3.05, 3.63) is 28.2 Å². The van der Waals surface area contributed by atoms with Crippen LogP contribution in [0.2, 0.25) is 0 Å². The summed E-state index contributed by atoms with van der Waals surface area (Å²) in [6.45, 7) is 0.560. The number of hydrogen-bond acceptors (Lipinski definition) is 3. The standard InChI is InChI=1S/C13H16BrN3OS/c14-9-2-1-3-10(12(9)13(15)19)16-7-6-11(18)17-8-4-5-8/h1-3,8,16H,4-7H2,(H2,15,19)(H,17,18). The summed E-state index contributed by atoms with van der Waals surface area (Å²) in [6, 6.07) is 6.10. The number of nitrogens with two attached hydrogens (primary N) is 1. The van der Waals surface area contributed by atoms with E-state index in [1.54, 1.807) is 0 Å². The zero-order valence-electron chi connectivity index (χ0n) is 10.4. The normalized spacial score (nSPS) is 13.9. The monoisotopic (exact) mass is 341 g/mol. The molecule has 0 saturated heterocycles. The highest BCUT2D eigenvalue weighted by atomic mass is 79.9. The van der Waals surface area contributed by atoms with E-state index >= 15 is 0 Å². The minimum atomic E-state index is 0.0851. The lowest BCUT2D eigenvalue weighted by molar-refractivity contribution is -0.120. The minimum absolute atomic E-state index is 0.0851. The molecule has 4 N–H and O–H groups in total. The molecule has 0 heterocycles. The summed E-state index contributed by atoms with van der Waals surface area (Å²) in [4.78, 5) is 11.9. The first kappa shape index (κ1) is 14.3. The molecule has 1 amide bonds. The average molecular weight is 342 g/mol. The number of hydrogen-bond donors (Lipinski definition) is 3. The van der Waals surface area contributed by atoms with E-state index in [9.17, 15) is 4.79 Å². The van der Waals surface area contributed by atoms with E-state index in [0.29, 0.717) is 24.0 Å². The van der Waals surface area contributed by atoms with Gasteiger partial charge in [0.05, 0.1) is 0 Å². The van der Waals surface area contributed by atoms with Gasteiger partial charge in [-0.05, 0) is 40.9 Å². The Hall–Kier alpha value is -1.14. The second-order valence-electron chi connectivity index (χ2n) is 4.55. The molecule has 6 heteroatoms. The molecule has 1 aromatic rings. The fourth-order valence-corrected chi connectivity index (χ4v) is 2.69. The first-order valence-corrected chi connectivity index (χ1v) is 7.39. The molecule has 0 spiro atoms. The Morgan fingerprint density at radius 2 is 2.21 bits per heavy atom. The van der Waals surface area contributed by atoms with Gasteiger partial charge < -0.3 is 16.4 Å². The number of benzene rings is 1.